The van der Waals surface area contributed by atoms with E-state index in [2.05, 4.69) is 10.1 Å². The first-order valence-electron chi connectivity index (χ1n) is 9.31. The lowest BCUT2D eigenvalue weighted by atomic mass is 10.0. The van der Waals surface area contributed by atoms with Crippen LogP contribution in [0.2, 0.25) is 0 Å². The SMILES string of the molecule is O=C([C@@H]1[C@@H]2CCC(F)(F)[C@@H]21)N1CCC(n2nc(C3CC3)[nH]c2=O)CC1. The number of H-pyrrole nitrogens is 1. The molecule has 3 aliphatic carbocycles. The summed E-state index contributed by atoms with van der Waals surface area (Å²) in [6.07, 6.45) is 3.86. The minimum absolute atomic E-state index is 0.0135. The van der Waals surface area contributed by atoms with E-state index >= 15 is 0 Å². The summed E-state index contributed by atoms with van der Waals surface area (Å²) in [4.78, 5) is 29.2. The topological polar surface area (TPSA) is 71.0 Å². The number of piperidine rings is 1. The summed E-state index contributed by atoms with van der Waals surface area (Å²) in [5.41, 5.74) is -0.178. The highest BCUT2D eigenvalue weighted by Gasteiger charge is 2.70. The van der Waals surface area contributed by atoms with Crippen LogP contribution < -0.4 is 5.69 Å². The number of alkyl halides is 2. The van der Waals surface area contributed by atoms with Gasteiger partial charge < -0.3 is 4.90 Å². The van der Waals surface area contributed by atoms with Gasteiger partial charge in [-0.2, -0.15) is 5.10 Å². The molecule has 1 aromatic rings. The first kappa shape index (κ1) is 15.5. The average molecular weight is 352 g/mol. The number of rotatable bonds is 3. The van der Waals surface area contributed by atoms with Gasteiger partial charge in [-0.15, -0.1) is 0 Å². The Morgan fingerprint density at radius 3 is 2.48 bits per heavy atom. The van der Waals surface area contributed by atoms with Crippen LogP contribution in [0, 0.1) is 17.8 Å². The molecule has 1 N–H and O–H groups in total. The van der Waals surface area contributed by atoms with Crippen LogP contribution in [0.15, 0.2) is 4.79 Å². The van der Waals surface area contributed by atoms with Crippen molar-refractivity contribution in [2.75, 3.05) is 13.1 Å². The maximum Gasteiger partial charge on any atom is 0.343 e. The van der Waals surface area contributed by atoms with Crippen molar-refractivity contribution in [1.82, 2.24) is 19.7 Å². The van der Waals surface area contributed by atoms with Crippen LogP contribution in [0.4, 0.5) is 8.78 Å². The monoisotopic (exact) mass is 352 g/mol. The first-order chi connectivity index (χ1) is 12.0. The van der Waals surface area contributed by atoms with Crippen LogP contribution in [0.1, 0.15) is 56.3 Å². The number of hydrogen-bond acceptors (Lipinski definition) is 3. The Kier molecular flexibility index (Phi) is 3.19. The number of hydrogen-bond donors (Lipinski definition) is 1. The fourth-order valence-corrected chi connectivity index (χ4v) is 4.85. The molecule has 136 valence electrons. The summed E-state index contributed by atoms with van der Waals surface area (Å²) in [5, 5.41) is 4.42. The molecule has 3 saturated carbocycles. The van der Waals surface area contributed by atoms with E-state index in [1.165, 1.54) is 4.68 Å². The summed E-state index contributed by atoms with van der Waals surface area (Å²) < 4.78 is 29.0. The van der Waals surface area contributed by atoms with E-state index in [0.29, 0.717) is 38.3 Å². The summed E-state index contributed by atoms with van der Waals surface area (Å²) in [7, 11) is 0. The molecule has 6 nitrogen and oxygen atoms in total. The third-order valence-corrected chi connectivity index (χ3v) is 6.50. The Morgan fingerprint density at radius 2 is 1.88 bits per heavy atom. The van der Waals surface area contributed by atoms with Crippen molar-refractivity contribution in [3.05, 3.63) is 16.3 Å². The van der Waals surface area contributed by atoms with E-state index < -0.39 is 17.8 Å². The smallest absolute Gasteiger partial charge is 0.342 e. The van der Waals surface area contributed by atoms with E-state index in [9.17, 15) is 18.4 Å². The van der Waals surface area contributed by atoms with Gasteiger partial charge in [0.25, 0.3) is 5.92 Å². The number of likely N-dealkylation sites (tertiary alicyclic amines) is 1. The fourth-order valence-electron chi connectivity index (χ4n) is 4.85. The highest BCUT2D eigenvalue weighted by atomic mass is 19.3. The van der Waals surface area contributed by atoms with E-state index in [1.54, 1.807) is 4.90 Å². The number of halogens is 2. The van der Waals surface area contributed by atoms with E-state index in [-0.39, 0.29) is 30.0 Å². The number of aromatic nitrogens is 3. The number of fused-ring (bicyclic) bond motifs is 1. The Bertz CT molecular complexity index is 761. The second kappa shape index (κ2) is 5.14. The number of carbonyl (C=O) groups excluding carboxylic acids is 1. The van der Waals surface area contributed by atoms with Gasteiger partial charge in [0.15, 0.2) is 0 Å². The molecule has 2 heterocycles. The van der Waals surface area contributed by atoms with Crippen molar-refractivity contribution in [3.63, 3.8) is 0 Å². The first-order valence-corrected chi connectivity index (χ1v) is 9.31. The van der Waals surface area contributed by atoms with Gasteiger partial charge in [-0.1, -0.05) is 0 Å². The highest BCUT2D eigenvalue weighted by Crippen LogP contribution is 2.64. The number of aromatic amines is 1. The predicted molar refractivity (Wildman–Crippen MR) is 84.3 cm³/mol. The van der Waals surface area contributed by atoms with Gasteiger partial charge in [-0.3, -0.25) is 9.78 Å². The molecule has 1 amide bonds. The molecule has 0 spiro atoms. The van der Waals surface area contributed by atoms with Crippen molar-refractivity contribution >= 4 is 5.91 Å². The van der Waals surface area contributed by atoms with E-state index in [0.717, 1.165) is 18.7 Å². The van der Waals surface area contributed by atoms with Gasteiger partial charge in [0.05, 0.1) is 12.0 Å². The minimum atomic E-state index is -2.66. The zero-order chi connectivity index (χ0) is 17.3. The molecule has 1 aliphatic heterocycles. The quantitative estimate of drug-likeness (QED) is 0.903. The van der Waals surface area contributed by atoms with Crippen LogP contribution >= 0.6 is 0 Å². The van der Waals surface area contributed by atoms with Crippen molar-refractivity contribution in [3.8, 4) is 0 Å². The number of carbonyl (C=O) groups is 1. The van der Waals surface area contributed by atoms with Crippen LogP contribution in [-0.2, 0) is 4.79 Å². The van der Waals surface area contributed by atoms with Crippen LogP contribution in [-0.4, -0.2) is 44.6 Å². The third kappa shape index (κ3) is 2.44. The molecule has 1 aromatic heterocycles. The maximum absolute atomic E-state index is 13.7. The lowest BCUT2D eigenvalue weighted by Crippen LogP contribution is -2.42. The molecule has 8 heteroatoms. The molecule has 3 atom stereocenters. The second-order valence-corrected chi connectivity index (χ2v) is 8.11. The Balaban J connectivity index is 1.22. The molecule has 4 aliphatic rings. The number of nitrogens with one attached hydrogen (secondary N) is 1. The summed E-state index contributed by atoms with van der Waals surface area (Å²) in [5.74, 6) is -2.92. The predicted octanol–water partition coefficient (Wildman–Crippen LogP) is 1.90. The third-order valence-electron chi connectivity index (χ3n) is 6.50. The number of nitrogens with zero attached hydrogens (tertiary/aromatic N) is 3. The maximum atomic E-state index is 13.7. The zero-order valence-corrected chi connectivity index (χ0v) is 14.0. The van der Waals surface area contributed by atoms with Crippen LogP contribution in [0.5, 0.6) is 0 Å². The highest BCUT2D eigenvalue weighted by molar-refractivity contribution is 5.83. The molecular formula is C17H22F2N4O2. The van der Waals surface area contributed by atoms with Crippen molar-refractivity contribution in [2.24, 2.45) is 17.8 Å². The largest absolute Gasteiger partial charge is 0.343 e. The molecule has 0 radical (unpaired) electrons. The molecule has 25 heavy (non-hydrogen) atoms. The average Bonchev–Trinajstić information content (AvgIpc) is 3.49. The van der Waals surface area contributed by atoms with Crippen molar-refractivity contribution in [1.29, 1.82) is 0 Å². The van der Waals surface area contributed by atoms with Gasteiger partial charge >= 0.3 is 5.69 Å². The molecule has 4 fully saturated rings. The second-order valence-electron chi connectivity index (χ2n) is 8.11. The Labute approximate surface area is 143 Å². The Morgan fingerprint density at radius 1 is 1.16 bits per heavy atom. The van der Waals surface area contributed by atoms with E-state index in [4.69, 9.17) is 0 Å². The summed E-state index contributed by atoms with van der Waals surface area (Å²) >= 11 is 0. The fraction of sp³-hybridized carbons (Fsp3) is 0.824. The van der Waals surface area contributed by atoms with Crippen LogP contribution in [0.25, 0.3) is 0 Å². The van der Waals surface area contributed by atoms with Gasteiger partial charge in [-0.25, -0.2) is 18.3 Å². The molecule has 1 saturated heterocycles. The lowest BCUT2D eigenvalue weighted by Gasteiger charge is -2.32. The molecule has 0 aromatic carbocycles. The van der Waals surface area contributed by atoms with Crippen molar-refractivity contribution in [2.45, 2.75) is 56.4 Å². The zero-order valence-electron chi connectivity index (χ0n) is 14.0. The van der Waals surface area contributed by atoms with Crippen molar-refractivity contribution < 1.29 is 13.6 Å². The van der Waals surface area contributed by atoms with Gasteiger partial charge in [0.1, 0.15) is 5.82 Å². The molecule has 0 unspecified atom stereocenters. The van der Waals surface area contributed by atoms with Gasteiger partial charge in [-0.05, 0) is 38.0 Å². The minimum Gasteiger partial charge on any atom is -0.342 e. The normalized spacial score (nSPS) is 34.2. The van der Waals surface area contributed by atoms with E-state index in [1.807, 2.05) is 0 Å². The van der Waals surface area contributed by atoms with Gasteiger partial charge in [0.2, 0.25) is 5.91 Å². The number of amides is 1. The molecule has 5 rings (SSSR count). The van der Waals surface area contributed by atoms with Gasteiger partial charge in [0, 0.05) is 31.3 Å². The standard InChI is InChI=1S/C17H22F2N4O2/c18-17(19)6-3-11-12(13(11)17)15(24)22-7-4-10(5-8-22)23-16(25)20-14(21-23)9-1-2-9/h9-13H,1-8H2,(H,20,21,25)/t11-,12+,13-/m0/s1. The van der Waals surface area contributed by atoms with Crippen LogP contribution in [0.3, 0.4) is 0 Å². The lowest BCUT2D eigenvalue weighted by molar-refractivity contribution is -0.136. The molecular weight excluding hydrogens is 330 g/mol. The summed E-state index contributed by atoms with van der Waals surface area (Å²) in [6.45, 7) is 1.03. The Hall–Kier alpha value is -1.73. The summed E-state index contributed by atoms with van der Waals surface area (Å²) in [6, 6.07) is -0.0135. The molecule has 0 bridgehead atoms.